The van der Waals surface area contributed by atoms with Crippen LogP contribution < -0.4 is 10.6 Å². The molecule has 0 radical (unpaired) electrons. The van der Waals surface area contributed by atoms with Crippen LogP contribution in [0.1, 0.15) is 17.8 Å². The first-order valence-electron chi connectivity index (χ1n) is 8.24. The van der Waals surface area contributed by atoms with E-state index in [-0.39, 0.29) is 0 Å². The van der Waals surface area contributed by atoms with Crippen LogP contribution in [0.3, 0.4) is 0 Å². The largest absolute Gasteiger partial charge is 0.381 e. The van der Waals surface area contributed by atoms with Crippen LogP contribution in [0.15, 0.2) is 35.7 Å². The van der Waals surface area contributed by atoms with Crippen LogP contribution >= 0.6 is 0 Å². The summed E-state index contributed by atoms with van der Waals surface area (Å²) in [6.07, 6.45) is 6.61. The molecule has 0 aliphatic carbocycles. The average Bonchev–Trinajstić information content (AvgIpc) is 3.27. The molecule has 1 fully saturated rings. The van der Waals surface area contributed by atoms with E-state index in [9.17, 15) is 0 Å². The number of imidazole rings is 1. The molecule has 0 spiro atoms. The van der Waals surface area contributed by atoms with Gasteiger partial charge in [0.15, 0.2) is 5.96 Å². The monoisotopic (exact) mass is 328 g/mol. The van der Waals surface area contributed by atoms with E-state index in [0.29, 0.717) is 12.5 Å². The normalized spacial score (nSPS) is 17.9. The van der Waals surface area contributed by atoms with Crippen molar-refractivity contribution in [2.75, 3.05) is 26.8 Å². The average molecular weight is 328 g/mol. The Bertz CT molecular complexity index is 690. The zero-order valence-corrected chi connectivity index (χ0v) is 14.2. The Morgan fingerprint density at radius 2 is 2.29 bits per heavy atom. The van der Waals surface area contributed by atoms with Gasteiger partial charge in [-0.1, -0.05) is 6.07 Å². The summed E-state index contributed by atoms with van der Waals surface area (Å²) in [5.41, 5.74) is 1.09. The maximum absolute atomic E-state index is 5.40. The molecule has 3 heterocycles. The fourth-order valence-electron chi connectivity index (χ4n) is 2.77. The molecule has 128 valence electrons. The van der Waals surface area contributed by atoms with Gasteiger partial charge in [-0.3, -0.25) is 9.56 Å². The number of pyridine rings is 1. The van der Waals surface area contributed by atoms with Crippen molar-refractivity contribution in [3.63, 3.8) is 0 Å². The van der Waals surface area contributed by atoms with E-state index in [2.05, 4.69) is 31.7 Å². The maximum atomic E-state index is 5.40. The molecule has 0 amide bonds. The van der Waals surface area contributed by atoms with Gasteiger partial charge in [-0.05, 0) is 19.4 Å². The smallest absolute Gasteiger partial charge is 0.191 e. The lowest BCUT2D eigenvalue weighted by molar-refractivity contribution is 0.186. The summed E-state index contributed by atoms with van der Waals surface area (Å²) in [4.78, 5) is 13.1. The number of hydrogen-bond donors (Lipinski definition) is 2. The first-order chi connectivity index (χ1) is 11.8. The fourth-order valence-corrected chi connectivity index (χ4v) is 2.77. The lowest BCUT2D eigenvalue weighted by Gasteiger charge is -2.16. The summed E-state index contributed by atoms with van der Waals surface area (Å²) < 4.78 is 7.39. The van der Waals surface area contributed by atoms with Gasteiger partial charge < -0.3 is 15.4 Å². The molecule has 1 aliphatic heterocycles. The van der Waals surface area contributed by atoms with Crippen LogP contribution in [0, 0.1) is 12.8 Å². The number of rotatable bonds is 5. The number of aliphatic imine (C=N–C) groups is 1. The Labute approximate surface area is 142 Å². The van der Waals surface area contributed by atoms with Crippen LogP contribution in [0.25, 0.3) is 5.82 Å². The summed E-state index contributed by atoms with van der Waals surface area (Å²) in [7, 11) is 1.78. The molecule has 0 aromatic carbocycles. The summed E-state index contributed by atoms with van der Waals surface area (Å²) in [6, 6.07) is 4.01. The lowest BCUT2D eigenvalue weighted by Crippen LogP contribution is -2.39. The molecule has 1 aliphatic rings. The highest BCUT2D eigenvalue weighted by Crippen LogP contribution is 2.13. The molecular formula is C17H24N6O. The Morgan fingerprint density at radius 3 is 3.00 bits per heavy atom. The number of nitrogens with one attached hydrogen (secondary N) is 2. The molecule has 0 saturated carbocycles. The minimum atomic E-state index is 0.561. The van der Waals surface area contributed by atoms with Crippen LogP contribution in [0.4, 0.5) is 0 Å². The summed E-state index contributed by atoms with van der Waals surface area (Å²) in [5, 5.41) is 6.72. The van der Waals surface area contributed by atoms with Gasteiger partial charge in [-0.25, -0.2) is 9.97 Å². The molecule has 0 bridgehead atoms. The number of hydrogen-bond acceptors (Lipinski definition) is 4. The van der Waals surface area contributed by atoms with Crippen molar-refractivity contribution in [2.24, 2.45) is 10.9 Å². The number of ether oxygens (including phenoxy) is 1. The highest BCUT2D eigenvalue weighted by molar-refractivity contribution is 5.79. The van der Waals surface area contributed by atoms with Crippen molar-refractivity contribution >= 4 is 5.96 Å². The summed E-state index contributed by atoms with van der Waals surface area (Å²) in [5.74, 6) is 3.16. The van der Waals surface area contributed by atoms with Gasteiger partial charge in [0.05, 0.1) is 6.61 Å². The third kappa shape index (κ3) is 3.91. The van der Waals surface area contributed by atoms with Crippen LogP contribution in [0.5, 0.6) is 0 Å². The molecule has 3 rings (SSSR count). The Morgan fingerprint density at radius 1 is 1.38 bits per heavy atom. The summed E-state index contributed by atoms with van der Waals surface area (Å²) in [6.45, 7) is 5.18. The zero-order valence-electron chi connectivity index (χ0n) is 14.2. The maximum Gasteiger partial charge on any atom is 0.191 e. The quantitative estimate of drug-likeness (QED) is 0.639. The Hall–Kier alpha value is -2.41. The van der Waals surface area contributed by atoms with Gasteiger partial charge in [0.2, 0.25) is 0 Å². The molecule has 1 atom stereocenters. The van der Waals surface area contributed by atoms with E-state index in [1.165, 1.54) is 0 Å². The first-order valence-corrected chi connectivity index (χ1v) is 8.24. The standard InChI is InChI=1S/C17H24N6O/c1-13-19-7-8-23(13)16-15(4-3-6-20-16)11-22-17(18-2)21-10-14-5-9-24-12-14/h3-4,6-8,14H,5,9-12H2,1-2H3,(H2,18,21,22). The van der Waals surface area contributed by atoms with Gasteiger partial charge in [0.1, 0.15) is 11.6 Å². The molecule has 1 saturated heterocycles. The first kappa shape index (κ1) is 16.4. The fraction of sp³-hybridized carbons (Fsp3) is 0.471. The molecule has 2 aromatic rings. The second-order valence-electron chi connectivity index (χ2n) is 5.87. The van der Waals surface area contributed by atoms with Gasteiger partial charge in [0.25, 0.3) is 0 Å². The minimum Gasteiger partial charge on any atom is -0.381 e. The van der Waals surface area contributed by atoms with Gasteiger partial charge in [0, 0.05) is 56.8 Å². The number of nitrogens with zero attached hydrogens (tertiary/aromatic N) is 4. The number of guanidine groups is 1. The third-order valence-corrected chi connectivity index (χ3v) is 4.17. The van der Waals surface area contributed by atoms with E-state index in [4.69, 9.17) is 4.74 Å². The van der Waals surface area contributed by atoms with Crippen LogP contribution in [0.2, 0.25) is 0 Å². The molecule has 7 nitrogen and oxygen atoms in total. The van der Waals surface area contributed by atoms with Crippen molar-refractivity contribution in [1.82, 2.24) is 25.2 Å². The van der Waals surface area contributed by atoms with Crippen LogP contribution in [-0.2, 0) is 11.3 Å². The molecule has 2 N–H and O–H groups in total. The van der Waals surface area contributed by atoms with Crippen molar-refractivity contribution in [3.8, 4) is 5.82 Å². The molecule has 24 heavy (non-hydrogen) atoms. The van der Waals surface area contributed by atoms with E-state index in [1.54, 1.807) is 19.4 Å². The highest BCUT2D eigenvalue weighted by Gasteiger charge is 2.16. The van der Waals surface area contributed by atoms with Crippen molar-refractivity contribution < 1.29 is 4.74 Å². The molecule has 2 aromatic heterocycles. The topological polar surface area (TPSA) is 76.4 Å². The van der Waals surface area contributed by atoms with E-state index >= 15 is 0 Å². The minimum absolute atomic E-state index is 0.561. The van der Waals surface area contributed by atoms with E-state index < -0.39 is 0 Å². The predicted octanol–water partition coefficient (Wildman–Crippen LogP) is 1.28. The van der Waals surface area contributed by atoms with E-state index in [1.807, 2.05) is 23.8 Å². The molecule has 1 unspecified atom stereocenters. The zero-order chi connectivity index (χ0) is 16.8. The van der Waals surface area contributed by atoms with Crippen molar-refractivity contribution in [3.05, 3.63) is 42.1 Å². The number of aryl methyl sites for hydroxylation is 1. The Kier molecular flexibility index (Phi) is 5.43. The second kappa shape index (κ2) is 7.92. The van der Waals surface area contributed by atoms with Crippen molar-refractivity contribution in [2.45, 2.75) is 19.9 Å². The predicted molar refractivity (Wildman–Crippen MR) is 93.2 cm³/mol. The van der Waals surface area contributed by atoms with E-state index in [0.717, 1.165) is 49.3 Å². The second-order valence-corrected chi connectivity index (χ2v) is 5.87. The number of aromatic nitrogens is 3. The molecular weight excluding hydrogens is 304 g/mol. The Balaban J connectivity index is 1.62. The van der Waals surface area contributed by atoms with Crippen molar-refractivity contribution in [1.29, 1.82) is 0 Å². The highest BCUT2D eigenvalue weighted by atomic mass is 16.5. The van der Waals surface area contributed by atoms with Gasteiger partial charge in [-0.2, -0.15) is 0 Å². The van der Waals surface area contributed by atoms with Gasteiger partial charge >= 0.3 is 0 Å². The SMILES string of the molecule is CN=C(NCc1cccnc1-n1ccnc1C)NCC1CCOC1. The lowest BCUT2D eigenvalue weighted by atomic mass is 10.1. The molecule has 7 heteroatoms. The summed E-state index contributed by atoms with van der Waals surface area (Å²) >= 11 is 0. The van der Waals surface area contributed by atoms with Crippen LogP contribution in [-0.4, -0.2) is 47.3 Å². The van der Waals surface area contributed by atoms with Gasteiger partial charge in [-0.15, -0.1) is 0 Å². The third-order valence-electron chi connectivity index (χ3n) is 4.17.